The number of hydrogen-bond donors (Lipinski definition) is 0. The Morgan fingerprint density at radius 2 is 1.63 bits per heavy atom. The summed E-state index contributed by atoms with van der Waals surface area (Å²) >= 11 is 0. The minimum atomic E-state index is -5.05. The smallest absolute Gasteiger partial charge is 0.426 e. The van der Waals surface area contributed by atoms with E-state index in [4.69, 9.17) is 4.74 Å². The topological polar surface area (TPSA) is 35.5 Å². The maximum absolute atomic E-state index is 15.0. The predicted molar refractivity (Wildman–Crippen MR) is 118 cm³/mol. The molecule has 3 nitrogen and oxygen atoms in total. The molecule has 0 amide bonds. The number of alkyl halides is 5. The van der Waals surface area contributed by atoms with E-state index in [-0.39, 0.29) is 41.2 Å². The number of carbonyl (C=O) groups is 1. The van der Waals surface area contributed by atoms with Crippen LogP contribution in [0.1, 0.15) is 51.9 Å². The number of rotatable bonds is 5. The molecule has 0 radical (unpaired) electrons. The summed E-state index contributed by atoms with van der Waals surface area (Å²) in [6, 6.07) is 5.50. The van der Waals surface area contributed by atoms with Gasteiger partial charge in [-0.1, -0.05) is 32.3 Å². The molecule has 192 valence electrons. The van der Waals surface area contributed by atoms with Gasteiger partial charge in [0, 0.05) is 5.39 Å². The molecule has 2 aliphatic rings. The Morgan fingerprint density at radius 1 is 0.971 bits per heavy atom. The highest BCUT2D eigenvalue weighted by molar-refractivity contribution is 5.87. The average molecular weight is 502 g/mol. The summed E-state index contributed by atoms with van der Waals surface area (Å²) in [5.41, 5.74) is 0. The van der Waals surface area contributed by atoms with Gasteiger partial charge in [-0.2, -0.15) is 0 Å². The number of carbonyl (C=O) groups excluding carboxylic acids is 1. The van der Waals surface area contributed by atoms with Crippen molar-refractivity contribution in [1.29, 1.82) is 0 Å². The minimum Gasteiger partial charge on any atom is -0.426 e. The summed E-state index contributed by atoms with van der Waals surface area (Å²) in [5, 5.41) is -0.0427. The maximum atomic E-state index is 15.0. The van der Waals surface area contributed by atoms with Crippen LogP contribution in [0.5, 0.6) is 11.5 Å². The molecular formula is C26H28F6O3. The maximum Gasteiger partial charge on any atom is 0.573 e. The van der Waals surface area contributed by atoms with Crippen LogP contribution in [0.3, 0.4) is 0 Å². The van der Waals surface area contributed by atoms with Crippen LogP contribution in [0.25, 0.3) is 10.8 Å². The SMILES string of the molecule is CCC1CCC(C2CC(F)C(C(=O)Oc3ccc4c(F)c(OC(F)(F)F)ccc4c3)C(F)C2)CC1. The molecule has 0 bridgehead atoms. The van der Waals surface area contributed by atoms with E-state index in [1.165, 1.54) is 18.2 Å². The zero-order valence-electron chi connectivity index (χ0n) is 19.3. The number of hydrogen-bond acceptors (Lipinski definition) is 3. The van der Waals surface area contributed by atoms with Crippen molar-refractivity contribution in [3.63, 3.8) is 0 Å². The Kier molecular flexibility index (Phi) is 7.52. The molecule has 35 heavy (non-hydrogen) atoms. The standard InChI is InChI=1S/C26H28F6O3/c1-2-14-3-5-15(6-4-14)17-12-20(27)23(21(28)13-17)25(33)34-18-8-9-19-16(11-18)7-10-22(24(19)29)35-26(30,31)32/h7-11,14-15,17,20-21,23H,2-6,12-13H2,1H3. The Balaban J connectivity index is 1.41. The first-order valence-electron chi connectivity index (χ1n) is 12.0. The van der Waals surface area contributed by atoms with Crippen molar-refractivity contribution in [2.45, 2.75) is 70.6 Å². The molecule has 2 aromatic carbocycles. The second-order valence-electron chi connectivity index (χ2n) is 9.71. The van der Waals surface area contributed by atoms with Gasteiger partial charge >= 0.3 is 12.3 Å². The van der Waals surface area contributed by atoms with E-state index < -0.39 is 42.2 Å². The van der Waals surface area contributed by atoms with Crippen LogP contribution in [-0.2, 0) is 4.79 Å². The van der Waals surface area contributed by atoms with Gasteiger partial charge in [0.1, 0.15) is 24.0 Å². The van der Waals surface area contributed by atoms with Crippen molar-refractivity contribution in [2.75, 3.05) is 0 Å². The van der Waals surface area contributed by atoms with Crippen molar-refractivity contribution in [2.24, 2.45) is 23.7 Å². The number of ether oxygens (including phenoxy) is 2. The van der Waals surface area contributed by atoms with Crippen molar-refractivity contribution in [3.05, 3.63) is 36.1 Å². The molecule has 0 aliphatic heterocycles. The largest absolute Gasteiger partial charge is 0.573 e. The molecule has 0 spiro atoms. The van der Waals surface area contributed by atoms with Crippen LogP contribution in [0.2, 0.25) is 0 Å². The number of esters is 1. The van der Waals surface area contributed by atoms with Crippen LogP contribution < -0.4 is 9.47 Å². The lowest BCUT2D eigenvalue weighted by atomic mass is 9.68. The second kappa shape index (κ2) is 10.3. The van der Waals surface area contributed by atoms with Gasteiger partial charge in [0.2, 0.25) is 0 Å². The quantitative estimate of drug-likeness (QED) is 0.239. The van der Waals surface area contributed by atoms with Crippen molar-refractivity contribution in [1.82, 2.24) is 0 Å². The fraction of sp³-hybridized carbons (Fsp3) is 0.577. The molecule has 2 aliphatic carbocycles. The van der Waals surface area contributed by atoms with E-state index in [1.54, 1.807) is 0 Å². The molecule has 0 saturated heterocycles. The van der Waals surface area contributed by atoms with Crippen LogP contribution in [0, 0.1) is 29.5 Å². The molecule has 9 heteroatoms. The van der Waals surface area contributed by atoms with Crippen LogP contribution in [0.15, 0.2) is 30.3 Å². The van der Waals surface area contributed by atoms with Gasteiger partial charge < -0.3 is 9.47 Å². The first-order valence-corrected chi connectivity index (χ1v) is 12.0. The average Bonchev–Trinajstić information content (AvgIpc) is 2.79. The van der Waals surface area contributed by atoms with Crippen LogP contribution >= 0.6 is 0 Å². The molecule has 2 unspecified atom stereocenters. The summed E-state index contributed by atoms with van der Waals surface area (Å²) in [4.78, 5) is 12.6. The third-order valence-corrected chi connectivity index (χ3v) is 7.58. The fourth-order valence-corrected chi connectivity index (χ4v) is 5.64. The Hall–Kier alpha value is -2.45. The fourth-order valence-electron chi connectivity index (χ4n) is 5.64. The molecule has 4 rings (SSSR count). The molecule has 2 atom stereocenters. The Morgan fingerprint density at radius 3 is 2.23 bits per heavy atom. The summed E-state index contributed by atoms with van der Waals surface area (Å²) in [6.45, 7) is 2.16. The first-order chi connectivity index (χ1) is 16.6. The van der Waals surface area contributed by atoms with E-state index in [1.807, 2.05) is 0 Å². The van der Waals surface area contributed by atoms with E-state index in [2.05, 4.69) is 11.7 Å². The zero-order chi connectivity index (χ0) is 25.3. The molecular weight excluding hydrogens is 474 g/mol. The number of fused-ring (bicyclic) bond motifs is 1. The summed E-state index contributed by atoms with van der Waals surface area (Å²) in [6.07, 6.45) is -2.97. The number of halogens is 6. The predicted octanol–water partition coefficient (Wildman–Crippen LogP) is 7.70. The van der Waals surface area contributed by atoms with Gasteiger partial charge in [-0.25, -0.2) is 13.2 Å². The van der Waals surface area contributed by atoms with Gasteiger partial charge in [0.15, 0.2) is 11.6 Å². The van der Waals surface area contributed by atoms with Gasteiger partial charge in [-0.05, 0) is 73.1 Å². The summed E-state index contributed by atoms with van der Waals surface area (Å²) in [7, 11) is 0. The molecule has 0 N–H and O–H groups in total. The van der Waals surface area contributed by atoms with Gasteiger partial charge in [0.05, 0.1) is 0 Å². The third-order valence-electron chi connectivity index (χ3n) is 7.58. The third kappa shape index (κ3) is 5.86. The highest BCUT2D eigenvalue weighted by Gasteiger charge is 2.46. The van der Waals surface area contributed by atoms with Gasteiger partial charge in [-0.3, -0.25) is 4.79 Å². The molecule has 0 heterocycles. The first kappa shape index (κ1) is 25.6. The summed E-state index contributed by atoms with van der Waals surface area (Å²) in [5.74, 6) is -4.04. The number of benzene rings is 2. The Bertz CT molecular complexity index is 1040. The van der Waals surface area contributed by atoms with E-state index in [0.717, 1.165) is 44.2 Å². The minimum absolute atomic E-state index is 0.0780. The highest BCUT2D eigenvalue weighted by atomic mass is 19.4. The van der Waals surface area contributed by atoms with Crippen LogP contribution in [-0.4, -0.2) is 24.7 Å². The van der Waals surface area contributed by atoms with Gasteiger partial charge in [0.25, 0.3) is 0 Å². The van der Waals surface area contributed by atoms with Gasteiger partial charge in [-0.15, -0.1) is 13.2 Å². The van der Waals surface area contributed by atoms with Crippen molar-refractivity contribution < 1.29 is 40.6 Å². The Labute approximate surface area is 199 Å². The van der Waals surface area contributed by atoms with Crippen LogP contribution in [0.4, 0.5) is 26.3 Å². The van der Waals surface area contributed by atoms with E-state index in [9.17, 15) is 31.1 Å². The molecule has 2 aromatic rings. The molecule has 2 fully saturated rings. The van der Waals surface area contributed by atoms with E-state index in [0.29, 0.717) is 5.92 Å². The van der Waals surface area contributed by atoms with Crippen molar-refractivity contribution >= 4 is 16.7 Å². The van der Waals surface area contributed by atoms with E-state index >= 15 is 0 Å². The molecule has 2 saturated carbocycles. The lowest BCUT2D eigenvalue weighted by Crippen LogP contribution is -2.44. The molecule has 0 aromatic heterocycles. The zero-order valence-corrected chi connectivity index (χ0v) is 19.3. The monoisotopic (exact) mass is 502 g/mol. The van der Waals surface area contributed by atoms with Crippen molar-refractivity contribution in [3.8, 4) is 11.5 Å². The second-order valence-corrected chi connectivity index (χ2v) is 9.71. The normalized spacial score (nSPS) is 29.7. The lowest BCUT2D eigenvalue weighted by molar-refractivity contribution is -0.275. The highest BCUT2D eigenvalue weighted by Crippen LogP contribution is 2.44. The lowest BCUT2D eigenvalue weighted by Gasteiger charge is -2.39. The summed E-state index contributed by atoms with van der Waals surface area (Å²) < 4.78 is 90.5.